The highest BCUT2D eigenvalue weighted by molar-refractivity contribution is 8.26. The van der Waals surface area contributed by atoms with Crippen LogP contribution in [-0.2, 0) is 4.79 Å². The lowest BCUT2D eigenvalue weighted by Gasteiger charge is -2.13. The van der Waals surface area contributed by atoms with Crippen LogP contribution in [0.4, 0.5) is 0 Å². The van der Waals surface area contributed by atoms with E-state index in [1.807, 2.05) is 66.3 Å². The van der Waals surface area contributed by atoms with Gasteiger partial charge in [0.1, 0.15) is 15.8 Å². The first-order valence-electron chi connectivity index (χ1n) is 13.2. The van der Waals surface area contributed by atoms with E-state index in [0.717, 1.165) is 53.1 Å². The van der Waals surface area contributed by atoms with Gasteiger partial charge < -0.3 is 4.74 Å². The van der Waals surface area contributed by atoms with E-state index in [0.29, 0.717) is 22.4 Å². The van der Waals surface area contributed by atoms with Crippen LogP contribution in [0.25, 0.3) is 23.0 Å². The van der Waals surface area contributed by atoms with Crippen LogP contribution in [0.1, 0.15) is 63.5 Å². The summed E-state index contributed by atoms with van der Waals surface area (Å²) < 4.78 is 8.38. The first-order valence-corrected chi connectivity index (χ1v) is 14.4. The molecule has 1 fully saturated rings. The average molecular weight is 534 g/mol. The first kappa shape index (κ1) is 27.1. The number of rotatable bonds is 12. The smallest absolute Gasteiger partial charge is 0.266 e. The van der Waals surface area contributed by atoms with Crippen LogP contribution in [0.5, 0.6) is 5.75 Å². The Hall–Kier alpha value is -2.90. The van der Waals surface area contributed by atoms with Crippen LogP contribution >= 0.6 is 24.0 Å². The third-order valence-corrected chi connectivity index (χ3v) is 7.70. The minimum atomic E-state index is -0.0107. The Labute approximate surface area is 229 Å². The third kappa shape index (κ3) is 6.70. The van der Waals surface area contributed by atoms with Crippen LogP contribution in [-0.4, -0.2) is 38.1 Å². The van der Waals surface area contributed by atoms with Gasteiger partial charge in [0.25, 0.3) is 5.91 Å². The highest BCUT2D eigenvalue weighted by atomic mass is 32.2. The van der Waals surface area contributed by atoms with E-state index in [1.165, 1.54) is 31.0 Å². The number of carbonyl (C=O) groups excluding carboxylic acids is 1. The summed E-state index contributed by atoms with van der Waals surface area (Å²) >= 11 is 6.96. The number of nitrogens with zero attached hydrogens (tertiary/aromatic N) is 3. The van der Waals surface area contributed by atoms with Gasteiger partial charge in [-0.25, -0.2) is 4.68 Å². The fourth-order valence-corrected chi connectivity index (χ4v) is 5.61. The molecule has 0 unspecified atom stereocenters. The fourth-order valence-electron chi connectivity index (χ4n) is 4.31. The van der Waals surface area contributed by atoms with Gasteiger partial charge in [-0.1, -0.05) is 81.7 Å². The molecule has 1 amide bonds. The van der Waals surface area contributed by atoms with E-state index in [2.05, 4.69) is 19.9 Å². The molecule has 1 aromatic heterocycles. The molecule has 37 heavy (non-hydrogen) atoms. The molecule has 0 saturated carbocycles. The minimum absolute atomic E-state index is 0.0107. The quantitative estimate of drug-likeness (QED) is 0.135. The number of thioether (sulfide) groups is 1. The zero-order valence-electron chi connectivity index (χ0n) is 21.9. The number of thiocarbonyl (C=S) groups is 1. The molecule has 0 bridgehead atoms. The SMILES string of the molecule is CCCCCCCN1C(=O)C(=Cc2cn(-c3ccccc3)nc2-c2ccc(OCCC)c(C)c2)SC1=S. The van der Waals surface area contributed by atoms with Crippen molar-refractivity contribution in [3.63, 3.8) is 0 Å². The Balaban J connectivity index is 1.64. The monoisotopic (exact) mass is 533 g/mol. The molecule has 5 nitrogen and oxygen atoms in total. The van der Waals surface area contributed by atoms with Gasteiger partial charge in [-0.2, -0.15) is 5.10 Å². The molecule has 194 valence electrons. The van der Waals surface area contributed by atoms with Crippen molar-refractivity contribution in [2.45, 2.75) is 59.3 Å². The Morgan fingerprint density at radius 3 is 2.54 bits per heavy atom. The number of amides is 1. The molecule has 0 spiro atoms. The number of aryl methyl sites for hydroxylation is 1. The lowest BCUT2D eigenvalue weighted by Crippen LogP contribution is -2.29. The van der Waals surface area contributed by atoms with Crippen molar-refractivity contribution in [2.75, 3.05) is 13.2 Å². The molecule has 0 N–H and O–H groups in total. The van der Waals surface area contributed by atoms with Crippen molar-refractivity contribution in [1.29, 1.82) is 0 Å². The Morgan fingerprint density at radius 1 is 1.03 bits per heavy atom. The number of benzene rings is 2. The summed E-state index contributed by atoms with van der Waals surface area (Å²) in [5, 5.41) is 4.93. The van der Waals surface area contributed by atoms with E-state index in [-0.39, 0.29) is 5.91 Å². The number of para-hydroxylation sites is 1. The average Bonchev–Trinajstić information content (AvgIpc) is 3.44. The lowest BCUT2D eigenvalue weighted by atomic mass is 10.0. The molecular weight excluding hydrogens is 498 g/mol. The second-order valence-corrected chi connectivity index (χ2v) is 11.0. The molecule has 1 saturated heterocycles. The Kier molecular flexibility index (Phi) is 9.58. The molecule has 0 radical (unpaired) electrons. The van der Waals surface area contributed by atoms with Crippen molar-refractivity contribution in [2.24, 2.45) is 0 Å². The summed E-state index contributed by atoms with van der Waals surface area (Å²) in [5.74, 6) is 0.873. The van der Waals surface area contributed by atoms with Crippen molar-refractivity contribution < 1.29 is 9.53 Å². The van der Waals surface area contributed by atoms with Crippen molar-refractivity contribution in [3.8, 4) is 22.7 Å². The maximum absolute atomic E-state index is 13.3. The molecule has 4 rings (SSSR count). The summed E-state index contributed by atoms with van der Waals surface area (Å²) in [7, 11) is 0. The van der Waals surface area contributed by atoms with E-state index in [9.17, 15) is 4.79 Å². The van der Waals surface area contributed by atoms with Gasteiger partial charge in [-0.3, -0.25) is 9.69 Å². The van der Waals surface area contributed by atoms with Crippen LogP contribution in [0, 0.1) is 6.92 Å². The first-order chi connectivity index (χ1) is 18.0. The summed E-state index contributed by atoms with van der Waals surface area (Å²) in [6.07, 6.45) is 10.6. The van der Waals surface area contributed by atoms with Gasteiger partial charge >= 0.3 is 0 Å². The van der Waals surface area contributed by atoms with Gasteiger partial charge in [0.05, 0.1) is 17.2 Å². The molecule has 7 heteroatoms. The van der Waals surface area contributed by atoms with E-state index in [1.54, 1.807) is 4.90 Å². The van der Waals surface area contributed by atoms with E-state index in [4.69, 9.17) is 22.1 Å². The predicted molar refractivity (Wildman–Crippen MR) is 158 cm³/mol. The van der Waals surface area contributed by atoms with Crippen molar-refractivity contribution in [3.05, 3.63) is 70.8 Å². The third-order valence-electron chi connectivity index (χ3n) is 6.32. The second-order valence-electron chi connectivity index (χ2n) is 9.29. The van der Waals surface area contributed by atoms with Crippen LogP contribution < -0.4 is 4.74 Å². The number of hydrogen-bond donors (Lipinski definition) is 0. The standard InChI is InChI=1S/C30H35N3O2S2/c1-4-6-7-8-12-17-32-29(34)27(37-30(32)36)20-24-21-33(25-13-10-9-11-14-25)31-28(24)23-15-16-26(22(3)19-23)35-18-5-2/h9-11,13-16,19-21H,4-8,12,17-18H2,1-3H3. The molecule has 3 aromatic rings. The molecule has 0 atom stereocenters. The predicted octanol–water partition coefficient (Wildman–Crippen LogP) is 7.81. The molecular formula is C30H35N3O2S2. The van der Waals surface area contributed by atoms with E-state index >= 15 is 0 Å². The number of carbonyl (C=O) groups is 1. The molecule has 1 aliphatic rings. The molecule has 2 aromatic carbocycles. The molecule has 2 heterocycles. The van der Waals surface area contributed by atoms with Gasteiger partial charge in [0, 0.05) is 23.9 Å². The molecule has 1 aliphatic heterocycles. The summed E-state index contributed by atoms with van der Waals surface area (Å²) in [4.78, 5) is 15.7. The van der Waals surface area contributed by atoms with Gasteiger partial charge in [0.15, 0.2) is 0 Å². The maximum Gasteiger partial charge on any atom is 0.266 e. The highest BCUT2D eigenvalue weighted by Gasteiger charge is 2.32. The van der Waals surface area contributed by atoms with Gasteiger partial charge in [-0.15, -0.1) is 0 Å². The normalized spacial score (nSPS) is 14.7. The lowest BCUT2D eigenvalue weighted by molar-refractivity contribution is -0.122. The zero-order chi connectivity index (χ0) is 26.2. The van der Waals surface area contributed by atoms with Crippen molar-refractivity contribution >= 4 is 40.3 Å². The second kappa shape index (κ2) is 13.1. The zero-order valence-corrected chi connectivity index (χ0v) is 23.5. The maximum atomic E-state index is 13.3. The number of unbranched alkanes of at least 4 members (excludes halogenated alkanes) is 4. The van der Waals surface area contributed by atoms with Crippen molar-refractivity contribution in [1.82, 2.24) is 14.7 Å². The van der Waals surface area contributed by atoms with Gasteiger partial charge in [-0.05, 0) is 61.7 Å². The molecule has 0 aliphatic carbocycles. The highest BCUT2D eigenvalue weighted by Crippen LogP contribution is 2.36. The van der Waals surface area contributed by atoms with Crippen LogP contribution in [0.15, 0.2) is 59.6 Å². The summed E-state index contributed by atoms with van der Waals surface area (Å²) in [5.41, 5.74) is 4.70. The number of aromatic nitrogens is 2. The van der Waals surface area contributed by atoms with Gasteiger partial charge in [0.2, 0.25) is 0 Å². The number of hydrogen-bond acceptors (Lipinski definition) is 5. The number of ether oxygens (including phenoxy) is 1. The van der Waals surface area contributed by atoms with E-state index < -0.39 is 0 Å². The Morgan fingerprint density at radius 2 is 1.81 bits per heavy atom. The minimum Gasteiger partial charge on any atom is -0.493 e. The van der Waals surface area contributed by atoms with Crippen LogP contribution in [0.3, 0.4) is 0 Å². The fraction of sp³-hybridized carbons (Fsp3) is 0.367. The summed E-state index contributed by atoms with van der Waals surface area (Å²) in [6.45, 7) is 7.72. The largest absolute Gasteiger partial charge is 0.493 e. The Bertz CT molecular complexity index is 1270. The van der Waals surface area contributed by atoms with Crippen LogP contribution in [0.2, 0.25) is 0 Å². The topological polar surface area (TPSA) is 47.4 Å². The summed E-state index contributed by atoms with van der Waals surface area (Å²) in [6, 6.07) is 16.1.